The Balaban J connectivity index is 0.000000286. The van der Waals surface area contributed by atoms with Crippen molar-refractivity contribution in [1.29, 1.82) is 0 Å². The number of alkyl halides is 12. The van der Waals surface area contributed by atoms with Crippen LogP contribution in [0.2, 0.25) is 0 Å². The molecule has 4 amide bonds. The zero-order chi connectivity index (χ0) is 76.0. The number of rotatable bonds is 8. The van der Waals surface area contributed by atoms with Gasteiger partial charge in [-0.2, -0.15) is 62.5 Å². The third-order valence-electron chi connectivity index (χ3n) is 14.4. The SMILES string of the molecule is C[C@@H]1CC=CCC[C@](OCc2ccccc2)(C(F)(F)F)c2nnc(o2)-c2nc(c(C(F)(F)F)cc2N(C(=O)OC(C)(C)C)C(=O)OC(C)(C)C)O1.C[C@@H]1CCCCC[C@](OCc2ccccc2)(C(F)(F)F)c2nnc(o2)-c2nc(c(C(F)(F)F)cc2N(C(=O)OC(C)(C)C)C(=O)OC(C)(C)C)O1. The van der Waals surface area contributed by atoms with Crippen LogP contribution in [0.15, 0.2) is 93.8 Å². The van der Waals surface area contributed by atoms with E-state index >= 15 is 26.3 Å². The summed E-state index contributed by atoms with van der Waals surface area (Å²) in [6.45, 7) is 19.1. The summed E-state index contributed by atoms with van der Waals surface area (Å²) < 4.78 is 234. The number of pyridine rings is 2. The molecule has 0 unspecified atom stereocenters. The van der Waals surface area contributed by atoms with Crippen molar-refractivity contribution in [2.75, 3.05) is 9.80 Å². The molecule has 558 valence electrons. The molecule has 8 rings (SSSR count). The van der Waals surface area contributed by atoms with Crippen molar-refractivity contribution in [3.05, 3.63) is 119 Å². The number of allylic oxidation sites excluding steroid dienone is 1. The van der Waals surface area contributed by atoms with Gasteiger partial charge in [-0.3, -0.25) is 0 Å². The molecule has 0 aliphatic carbocycles. The number of hydrogen-bond donors (Lipinski definition) is 0. The molecule has 0 N–H and O–H groups in total. The summed E-state index contributed by atoms with van der Waals surface area (Å²) in [4.78, 5) is 62.5. The van der Waals surface area contributed by atoms with Gasteiger partial charge in [-0.05, 0) is 159 Å². The molecule has 22 nitrogen and oxygen atoms in total. The summed E-state index contributed by atoms with van der Waals surface area (Å²) in [7, 11) is 0. The molecule has 34 heteroatoms. The summed E-state index contributed by atoms with van der Waals surface area (Å²) in [6, 6.07) is 16.8. The molecule has 0 saturated heterocycles. The molecule has 102 heavy (non-hydrogen) atoms. The van der Waals surface area contributed by atoms with Crippen LogP contribution in [-0.2, 0) is 65.2 Å². The Kier molecular flexibility index (Phi) is 24.3. The lowest BCUT2D eigenvalue weighted by atomic mass is 9.94. The zero-order valence-electron chi connectivity index (χ0n) is 58.1. The highest BCUT2D eigenvalue weighted by atomic mass is 19.4. The summed E-state index contributed by atoms with van der Waals surface area (Å²) >= 11 is 0. The van der Waals surface area contributed by atoms with Crippen LogP contribution in [-0.4, -0.2) is 102 Å². The number of anilines is 2. The second-order valence-corrected chi connectivity index (χ2v) is 27.7. The van der Waals surface area contributed by atoms with Gasteiger partial charge in [-0.25, -0.2) is 29.1 Å². The monoisotopic (exact) mass is 1460 g/mol. The summed E-state index contributed by atoms with van der Waals surface area (Å²) in [6.07, 6.45) is -26.7. The van der Waals surface area contributed by atoms with E-state index in [2.05, 4.69) is 30.4 Å². The fourth-order valence-corrected chi connectivity index (χ4v) is 9.85. The minimum Gasteiger partial charge on any atom is -0.474 e. The van der Waals surface area contributed by atoms with Crippen LogP contribution in [0.5, 0.6) is 11.8 Å². The maximum absolute atomic E-state index is 15.2. The molecule has 6 aromatic rings. The topological polar surface area (TPSA) is 252 Å². The minimum absolute atomic E-state index is 0.0275. The van der Waals surface area contributed by atoms with E-state index in [-0.39, 0.29) is 48.3 Å². The average Bonchev–Trinajstić information content (AvgIpc) is 1.55. The number of nitrogens with zero attached hydrogens (tertiary/aromatic N) is 8. The maximum atomic E-state index is 15.2. The molecule has 2 aliphatic rings. The number of carbonyl (C=O) groups excluding carboxylic acids is 4. The van der Waals surface area contributed by atoms with E-state index in [1.807, 2.05) is 0 Å². The fourth-order valence-electron chi connectivity index (χ4n) is 9.85. The summed E-state index contributed by atoms with van der Waals surface area (Å²) in [5, 5.41) is 14.8. The molecule has 6 heterocycles. The highest BCUT2D eigenvalue weighted by molar-refractivity contribution is 6.12. The first-order valence-electron chi connectivity index (χ1n) is 31.9. The smallest absolute Gasteiger partial charge is 0.426 e. The number of hydrogen-bond acceptors (Lipinski definition) is 20. The number of imide groups is 2. The second-order valence-electron chi connectivity index (χ2n) is 27.7. The summed E-state index contributed by atoms with van der Waals surface area (Å²) in [5.74, 6) is -5.97. The van der Waals surface area contributed by atoms with E-state index in [0.717, 1.165) is 0 Å². The largest absolute Gasteiger partial charge is 0.474 e. The van der Waals surface area contributed by atoms with Gasteiger partial charge in [0.1, 0.15) is 39.6 Å². The highest BCUT2D eigenvalue weighted by Crippen LogP contribution is 2.51. The third-order valence-corrected chi connectivity index (χ3v) is 14.4. The number of benzene rings is 2. The van der Waals surface area contributed by atoms with Gasteiger partial charge in [0.05, 0.1) is 30.7 Å². The standard InChI is InChI=1S/C34H40F6N4O7.C34H38F6N4O7/c2*1-20-14-10-9-13-17-32(34(38,39)40,47-19-21-15-11-8-12-16-21)27-43-42-26(49-27)24-23(18-22(33(35,36)37)25(41-24)48-20)44(28(45)50-30(2,3)4)29(46)51-31(5,6)7/h8,11-12,15-16,18,20H,9-10,13-14,17,19H2,1-7H3;8-12,15-16,18,20H,13-14,17,19H2,1-7H3/t2*20-,32-/m11/s1. The lowest BCUT2D eigenvalue weighted by molar-refractivity contribution is -0.300. The molecule has 2 aromatic carbocycles. The predicted molar refractivity (Wildman–Crippen MR) is 339 cm³/mol. The number of amides is 4. The molecule has 8 bridgehead atoms. The van der Waals surface area contributed by atoms with Gasteiger partial charge in [0.25, 0.3) is 23.6 Å². The van der Waals surface area contributed by atoms with Gasteiger partial charge in [-0.15, -0.1) is 20.4 Å². The van der Waals surface area contributed by atoms with E-state index in [0.29, 0.717) is 23.3 Å². The normalized spacial score (nSPS) is 18.9. The Morgan fingerprint density at radius 3 is 1.20 bits per heavy atom. The minimum atomic E-state index is -5.18. The van der Waals surface area contributed by atoms with Gasteiger partial charge in [-0.1, -0.05) is 79.2 Å². The van der Waals surface area contributed by atoms with E-state index < -0.39 is 190 Å². The van der Waals surface area contributed by atoms with Crippen LogP contribution >= 0.6 is 0 Å². The van der Waals surface area contributed by atoms with Gasteiger partial charge < -0.3 is 46.7 Å². The van der Waals surface area contributed by atoms with Gasteiger partial charge in [0.15, 0.2) is 11.4 Å². The van der Waals surface area contributed by atoms with Gasteiger partial charge in [0.2, 0.25) is 23.0 Å². The van der Waals surface area contributed by atoms with E-state index in [9.17, 15) is 45.5 Å². The average molecular weight is 1460 g/mol. The van der Waals surface area contributed by atoms with Crippen LogP contribution in [0.1, 0.15) is 182 Å². The number of halogens is 12. The van der Waals surface area contributed by atoms with Gasteiger partial charge >= 0.3 is 49.1 Å². The third kappa shape index (κ3) is 20.6. The lowest BCUT2D eigenvalue weighted by Gasteiger charge is -2.33. The Hall–Kier alpha value is -9.08. The molecule has 4 aromatic heterocycles. The quantitative estimate of drug-likeness (QED) is 0.0780. The van der Waals surface area contributed by atoms with Crippen molar-refractivity contribution in [3.8, 4) is 34.9 Å². The molecular formula is C68H78F12N8O14. The van der Waals surface area contributed by atoms with E-state index in [1.165, 1.54) is 109 Å². The predicted octanol–water partition coefficient (Wildman–Crippen LogP) is 18.8. The van der Waals surface area contributed by atoms with Gasteiger partial charge in [0, 0.05) is 6.42 Å². The Bertz CT molecular complexity index is 3860. The Morgan fingerprint density at radius 2 is 0.843 bits per heavy atom. The van der Waals surface area contributed by atoms with Crippen LogP contribution in [0.4, 0.5) is 83.2 Å². The molecule has 2 aliphatic heterocycles. The first kappa shape index (κ1) is 80.2. The Labute approximate surface area is 578 Å². The fraction of sp³-hybridized carbons (Fsp3) is 0.529. The first-order valence-corrected chi connectivity index (χ1v) is 31.9. The molecule has 0 radical (unpaired) electrons. The molecule has 4 atom stereocenters. The first-order chi connectivity index (χ1) is 47.0. The molecular weight excluding hydrogens is 1380 g/mol. The summed E-state index contributed by atoms with van der Waals surface area (Å²) in [5.41, 5.74) is -17.2. The van der Waals surface area contributed by atoms with Crippen molar-refractivity contribution in [2.45, 2.75) is 232 Å². The maximum Gasteiger partial charge on any atom is 0.426 e. The number of aromatic nitrogens is 6. The van der Waals surface area contributed by atoms with Crippen LogP contribution < -0.4 is 19.3 Å². The Morgan fingerprint density at radius 1 is 0.480 bits per heavy atom. The van der Waals surface area contributed by atoms with Crippen LogP contribution in [0.25, 0.3) is 23.2 Å². The molecule has 0 spiro atoms. The van der Waals surface area contributed by atoms with Crippen LogP contribution in [0, 0.1) is 0 Å². The molecule has 0 saturated carbocycles. The van der Waals surface area contributed by atoms with Crippen molar-refractivity contribution < 1.29 is 119 Å². The number of fused-ring (bicyclic) bond motifs is 10. The van der Waals surface area contributed by atoms with Crippen molar-refractivity contribution in [3.63, 3.8) is 0 Å². The van der Waals surface area contributed by atoms with E-state index in [1.54, 1.807) is 60.7 Å². The lowest BCUT2D eigenvalue weighted by Crippen LogP contribution is -2.45. The zero-order valence-corrected chi connectivity index (χ0v) is 58.1. The van der Waals surface area contributed by atoms with Crippen molar-refractivity contribution in [2.24, 2.45) is 0 Å². The van der Waals surface area contributed by atoms with Crippen molar-refractivity contribution >= 4 is 35.7 Å². The van der Waals surface area contributed by atoms with Crippen molar-refractivity contribution in [1.82, 2.24) is 30.4 Å². The number of ether oxygens (including phenoxy) is 8. The molecule has 0 fully saturated rings. The second kappa shape index (κ2) is 30.9. The van der Waals surface area contributed by atoms with Crippen LogP contribution in [0.3, 0.4) is 0 Å². The number of carbonyl (C=O) groups is 4. The highest BCUT2D eigenvalue weighted by Gasteiger charge is 2.63. The van der Waals surface area contributed by atoms with E-state index in [4.69, 9.17) is 46.7 Å².